The molecule has 33 heavy (non-hydrogen) atoms. The molecule has 3 aromatic rings. The highest BCUT2D eigenvalue weighted by Crippen LogP contribution is 2.29. The molecule has 0 radical (unpaired) electrons. The van der Waals surface area contributed by atoms with Crippen molar-refractivity contribution in [3.63, 3.8) is 0 Å². The average molecular weight is 467 g/mol. The van der Waals surface area contributed by atoms with Crippen molar-refractivity contribution in [2.75, 3.05) is 33.0 Å². The topological polar surface area (TPSA) is 90.7 Å². The van der Waals surface area contributed by atoms with Gasteiger partial charge in [-0.15, -0.1) is 0 Å². The van der Waals surface area contributed by atoms with Crippen LogP contribution in [0.3, 0.4) is 0 Å². The third kappa shape index (κ3) is 5.08. The smallest absolute Gasteiger partial charge is 0.250 e. The van der Waals surface area contributed by atoms with Gasteiger partial charge in [0, 0.05) is 72.7 Å². The number of ether oxygens (including phenoxy) is 1. The average Bonchev–Trinajstić information content (AvgIpc) is 3.31. The number of rotatable bonds is 6. The molecule has 9 heteroatoms. The van der Waals surface area contributed by atoms with E-state index in [-0.39, 0.29) is 5.56 Å². The van der Waals surface area contributed by atoms with Gasteiger partial charge < -0.3 is 15.0 Å². The predicted molar refractivity (Wildman–Crippen MR) is 132 cm³/mol. The summed E-state index contributed by atoms with van der Waals surface area (Å²) in [6, 6.07) is 7.29. The van der Waals surface area contributed by atoms with Crippen molar-refractivity contribution in [1.82, 2.24) is 19.2 Å². The van der Waals surface area contributed by atoms with Crippen LogP contribution in [0.5, 0.6) is 0 Å². The highest BCUT2D eigenvalue weighted by Gasteiger charge is 2.15. The van der Waals surface area contributed by atoms with Gasteiger partial charge in [0.05, 0.1) is 31.8 Å². The predicted octanol–water partition coefficient (Wildman–Crippen LogP) is 2.86. The van der Waals surface area contributed by atoms with Crippen LogP contribution < -0.4 is 11.3 Å². The Morgan fingerprint density at radius 1 is 1.30 bits per heavy atom. The fourth-order valence-electron chi connectivity index (χ4n) is 3.74. The first-order valence-corrected chi connectivity index (χ1v) is 11.1. The molecule has 2 aromatic heterocycles. The van der Waals surface area contributed by atoms with Crippen LogP contribution in [0, 0.1) is 6.92 Å². The highest BCUT2D eigenvalue weighted by atomic mass is 35.5. The fraction of sp³-hybridized carbons (Fsp3) is 0.292. The lowest BCUT2D eigenvalue weighted by atomic mass is 9.99. The van der Waals surface area contributed by atoms with Crippen molar-refractivity contribution in [2.24, 2.45) is 17.8 Å². The van der Waals surface area contributed by atoms with E-state index in [9.17, 15) is 4.79 Å². The van der Waals surface area contributed by atoms with Gasteiger partial charge in [-0.3, -0.25) is 14.7 Å². The summed E-state index contributed by atoms with van der Waals surface area (Å²) in [6.07, 6.45) is 8.68. The van der Waals surface area contributed by atoms with Crippen LogP contribution in [0.1, 0.15) is 11.1 Å². The number of pyridine rings is 1. The quantitative estimate of drug-likeness (QED) is 0.564. The van der Waals surface area contributed by atoms with Crippen LogP contribution in [-0.4, -0.2) is 58.4 Å². The zero-order valence-corrected chi connectivity index (χ0v) is 19.5. The maximum Gasteiger partial charge on any atom is 0.250 e. The molecular weight excluding hydrogens is 440 g/mol. The van der Waals surface area contributed by atoms with E-state index in [2.05, 4.69) is 15.0 Å². The van der Waals surface area contributed by atoms with Gasteiger partial charge in [-0.2, -0.15) is 5.10 Å². The van der Waals surface area contributed by atoms with Crippen molar-refractivity contribution in [2.45, 2.75) is 6.92 Å². The summed E-state index contributed by atoms with van der Waals surface area (Å²) in [6.45, 7) is 5.62. The van der Waals surface area contributed by atoms with Gasteiger partial charge in [0.25, 0.3) is 5.56 Å². The molecule has 0 aliphatic carbocycles. The van der Waals surface area contributed by atoms with Crippen LogP contribution in [0.25, 0.3) is 22.4 Å². The summed E-state index contributed by atoms with van der Waals surface area (Å²) in [5.74, 6) is 0. The summed E-state index contributed by atoms with van der Waals surface area (Å²) in [4.78, 5) is 19.2. The molecule has 1 aromatic carbocycles. The molecule has 4 rings (SSSR count). The molecule has 0 bridgehead atoms. The van der Waals surface area contributed by atoms with Gasteiger partial charge in [-0.25, -0.2) is 4.68 Å². The van der Waals surface area contributed by atoms with E-state index in [1.807, 2.05) is 31.3 Å². The van der Waals surface area contributed by atoms with Crippen molar-refractivity contribution >= 4 is 23.4 Å². The molecule has 172 valence electrons. The molecule has 1 fully saturated rings. The van der Waals surface area contributed by atoms with Crippen molar-refractivity contribution in [3.8, 4) is 16.8 Å². The number of aliphatic imine (C=N–C) groups is 1. The van der Waals surface area contributed by atoms with Crippen LogP contribution in [0.4, 0.5) is 0 Å². The molecule has 0 amide bonds. The van der Waals surface area contributed by atoms with E-state index in [1.165, 1.54) is 6.20 Å². The Bertz CT molecular complexity index is 1250. The minimum Gasteiger partial charge on any atom is -0.404 e. The standard InChI is InChI=1S/C24H27ClN6O2/c1-17-22(25)4-3-5-23(17)31-14-19(13-28-31)21-15-29(2)24(32)10-20(21)18(11-26)12-27-16-30-6-8-33-9-7-30/h3-5,10-15H,6-9,16,26H2,1-2H3/b18-11+,27-12-. The molecule has 3 heterocycles. The van der Waals surface area contributed by atoms with Crippen LogP contribution in [0.2, 0.25) is 5.02 Å². The number of aromatic nitrogens is 3. The first kappa shape index (κ1) is 23.0. The number of hydrogen-bond acceptors (Lipinski definition) is 6. The second-order valence-electron chi connectivity index (χ2n) is 7.91. The van der Waals surface area contributed by atoms with E-state index in [1.54, 1.807) is 41.0 Å². The van der Waals surface area contributed by atoms with Crippen LogP contribution in [0.15, 0.2) is 58.8 Å². The molecule has 0 saturated carbocycles. The lowest BCUT2D eigenvalue weighted by molar-refractivity contribution is 0.0395. The third-order valence-electron chi connectivity index (χ3n) is 5.71. The van der Waals surface area contributed by atoms with Crippen LogP contribution >= 0.6 is 11.6 Å². The molecule has 0 spiro atoms. The lowest BCUT2D eigenvalue weighted by Crippen LogP contribution is -2.36. The van der Waals surface area contributed by atoms with E-state index in [0.717, 1.165) is 35.5 Å². The number of halogens is 1. The van der Waals surface area contributed by atoms with E-state index < -0.39 is 0 Å². The second-order valence-corrected chi connectivity index (χ2v) is 8.32. The summed E-state index contributed by atoms with van der Waals surface area (Å²) in [5, 5.41) is 5.21. The number of nitrogens with two attached hydrogens (primary N) is 1. The Morgan fingerprint density at radius 3 is 2.85 bits per heavy atom. The van der Waals surface area contributed by atoms with Gasteiger partial charge in [-0.1, -0.05) is 17.7 Å². The van der Waals surface area contributed by atoms with E-state index in [0.29, 0.717) is 36.0 Å². The summed E-state index contributed by atoms with van der Waals surface area (Å²) in [7, 11) is 1.72. The Morgan fingerprint density at radius 2 is 2.09 bits per heavy atom. The summed E-state index contributed by atoms with van der Waals surface area (Å²) in [5.41, 5.74) is 10.7. The zero-order valence-electron chi connectivity index (χ0n) is 18.7. The van der Waals surface area contributed by atoms with Gasteiger partial charge in [-0.05, 0) is 30.2 Å². The lowest BCUT2D eigenvalue weighted by Gasteiger charge is -2.24. The summed E-state index contributed by atoms with van der Waals surface area (Å²) < 4.78 is 8.70. The Labute approximate surface area is 197 Å². The second kappa shape index (κ2) is 10.2. The molecule has 1 aliphatic rings. The highest BCUT2D eigenvalue weighted by molar-refractivity contribution is 6.31. The van der Waals surface area contributed by atoms with Crippen LogP contribution in [-0.2, 0) is 11.8 Å². The minimum atomic E-state index is -0.132. The number of benzene rings is 1. The molecule has 0 atom stereocenters. The van der Waals surface area contributed by atoms with Gasteiger partial charge in [0.2, 0.25) is 0 Å². The monoisotopic (exact) mass is 466 g/mol. The molecule has 0 unspecified atom stereocenters. The van der Waals surface area contributed by atoms with Gasteiger partial charge >= 0.3 is 0 Å². The maximum absolute atomic E-state index is 12.5. The van der Waals surface area contributed by atoms with E-state index in [4.69, 9.17) is 22.1 Å². The van der Waals surface area contributed by atoms with Gasteiger partial charge in [0.15, 0.2) is 0 Å². The van der Waals surface area contributed by atoms with Gasteiger partial charge in [0.1, 0.15) is 0 Å². The normalized spacial score (nSPS) is 15.4. The number of aryl methyl sites for hydroxylation is 1. The number of hydrogen-bond donors (Lipinski definition) is 1. The van der Waals surface area contributed by atoms with Crippen molar-refractivity contribution in [1.29, 1.82) is 0 Å². The Hall–Kier alpha value is -3.20. The number of allylic oxidation sites excluding steroid dienone is 1. The SMILES string of the molecule is Cc1c(Cl)cccc1-n1cc(-c2cn(C)c(=O)cc2C(/C=N\CN2CCOCC2)=C/N)cn1. The minimum absolute atomic E-state index is 0.132. The third-order valence-corrected chi connectivity index (χ3v) is 6.12. The zero-order chi connectivity index (χ0) is 23.4. The Kier molecular flexibility index (Phi) is 7.08. The molecule has 2 N–H and O–H groups in total. The molecular formula is C24H27ClN6O2. The summed E-state index contributed by atoms with van der Waals surface area (Å²) >= 11 is 6.29. The fourth-order valence-corrected chi connectivity index (χ4v) is 3.91. The number of nitrogens with zero attached hydrogens (tertiary/aromatic N) is 5. The Balaban J connectivity index is 1.68. The maximum atomic E-state index is 12.5. The largest absolute Gasteiger partial charge is 0.404 e. The first-order chi connectivity index (χ1) is 16.0. The van der Waals surface area contributed by atoms with E-state index >= 15 is 0 Å². The van der Waals surface area contributed by atoms with Crippen molar-refractivity contribution < 1.29 is 4.74 Å². The number of morpholine rings is 1. The molecule has 1 aliphatic heterocycles. The molecule has 8 nitrogen and oxygen atoms in total. The van der Waals surface area contributed by atoms with Crippen molar-refractivity contribution in [3.05, 3.63) is 75.6 Å². The molecule has 1 saturated heterocycles. The first-order valence-electron chi connectivity index (χ1n) is 10.7.